The topological polar surface area (TPSA) is 66.8 Å². The fourth-order valence-electron chi connectivity index (χ4n) is 5.31. The lowest BCUT2D eigenvalue weighted by atomic mass is 9.68. The van der Waals surface area contributed by atoms with E-state index in [1.165, 1.54) is 0 Å². The molecule has 2 aliphatic rings. The minimum absolute atomic E-state index is 0.0621. The summed E-state index contributed by atoms with van der Waals surface area (Å²) in [5, 5.41) is 20.8. The first-order valence-electron chi connectivity index (χ1n) is 9.95. The standard InChI is InChI=1S/C22H32O4/c1-6-7-8-9-14-12-16-18(19(23)17(14)20(24)25)21(3,4)15-10-11-22(5,26-16)13(15)2/h12-13,15,23H,6-11H2,1-5H3,(H,24,25)/t13?,15-,22+/m0/s1. The molecule has 4 nitrogen and oxygen atoms in total. The van der Waals surface area contributed by atoms with E-state index in [2.05, 4.69) is 34.6 Å². The van der Waals surface area contributed by atoms with Crippen molar-refractivity contribution >= 4 is 5.97 Å². The van der Waals surface area contributed by atoms with Crippen molar-refractivity contribution in [1.82, 2.24) is 0 Å². The molecule has 3 rings (SSSR count). The number of unbranched alkanes of at least 4 members (excludes halogenated alkanes) is 2. The number of aromatic carboxylic acids is 1. The van der Waals surface area contributed by atoms with Crippen LogP contribution in [0.25, 0.3) is 0 Å². The van der Waals surface area contributed by atoms with E-state index in [1.54, 1.807) is 0 Å². The Morgan fingerprint density at radius 1 is 1.31 bits per heavy atom. The van der Waals surface area contributed by atoms with Crippen LogP contribution >= 0.6 is 0 Å². The number of phenols is 1. The lowest BCUT2D eigenvalue weighted by Gasteiger charge is -2.35. The van der Waals surface area contributed by atoms with Crippen LogP contribution in [0.3, 0.4) is 0 Å². The fourth-order valence-corrected chi connectivity index (χ4v) is 5.31. The SMILES string of the molecule is CCCCCc1cc2c(c(O)c1C(=O)O)C(C)(C)[C@H]1CC[C@@](C)(O2)C1C. The highest BCUT2D eigenvalue weighted by molar-refractivity contribution is 5.94. The van der Waals surface area contributed by atoms with Crippen LogP contribution in [0.2, 0.25) is 0 Å². The van der Waals surface area contributed by atoms with Crippen LogP contribution in [0.1, 0.15) is 88.2 Å². The summed E-state index contributed by atoms with van der Waals surface area (Å²) in [5.41, 5.74) is 0.832. The summed E-state index contributed by atoms with van der Waals surface area (Å²) in [5.74, 6) is 0.241. The van der Waals surface area contributed by atoms with E-state index in [0.29, 0.717) is 35.1 Å². The van der Waals surface area contributed by atoms with Gasteiger partial charge in [-0.3, -0.25) is 0 Å². The molecule has 2 bridgehead atoms. The van der Waals surface area contributed by atoms with Crippen molar-refractivity contribution in [2.75, 3.05) is 0 Å². The van der Waals surface area contributed by atoms with Crippen molar-refractivity contribution in [2.45, 2.75) is 84.2 Å². The summed E-state index contributed by atoms with van der Waals surface area (Å²) in [7, 11) is 0. The molecule has 0 saturated heterocycles. The highest BCUT2D eigenvalue weighted by Gasteiger charge is 2.54. The number of carboxylic acids is 1. The molecule has 1 aliphatic carbocycles. The average Bonchev–Trinajstić information content (AvgIpc) is 2.79. The fraction of sp³-hybridized carbons (Fsp3) is 0.682. The van der Waals surface area contributed by atoms with Gasteiger partial charge < -0.3 is 14.9 Å². The Hall–Kier alpha value is -1.71. The zero-order valence-corrected chi connectivity index (χ0v) is 16.7. The third-order valence-electron chi connectivity index (χ3n) is 7.04. The molecule has 0 amide bonds. The van der Waals surface area contributed by atoms with Crippen molar-refractivity contribution in [3.05, 3.63) is 22.8 Å². The van der Waals surface area contributed by atoms with Crippen LogP contribution < -0.4 is 4.74 Å². The van der Waals surface area contributed by atoms with Gasteiger partial charge in [0.05, 0.1) is 0 Å². The highest BCUT2D eigenvalue weighted by Crippen LogP contribution is 2.58. The van der Waals surface area contributed by atoms with Gasteiger partial charge in [0.15, 0.2) is 0 Å². The molecule has 1 unspecified atom stereocenters. The largest absolute Gasteiger partial charge is 0.507 e. The maximum Gasteiger partial charge on any atom is 0.339 e. The molecule has 26 heavy (non-hydrogen) atoms. The number of fused-ring (bicyclic) bond motifs is 3. The molecular weight excluding hydrogens is 328 g/mol. The second kappa shape index (κ2) is 6.47. The van der Waals surface area contributed by atoms with E-state index >= 15 is 0 Å². The van der Waals surface area contributed by atoms with E-state index in [9.17, 15) is 15.0 Å². The average molecular weight is 360 g/mol. The zero-order valence-electron chi connectivity index (χ0n) is 16.7. The second-order valence-electron chi connectivity index (χ2n) is 8.96. The molecule has 1 fully saturated rings. The predicted molar refractivity (Wildman–Crippen MR) is 102 cm³/mol. The van der Waals surface area contributed by atoms with Crippen LogP contribution in [0, 0.1) is 11.8 Å². The van der Waals surface area contributed by atoms with Gasteiger partial charge in [-0.1, -0.05) is 40.5 Å². The second-order valence-corrected chi connectivity index (χ2v) is 8.96. The minimum atomic E-state index is -1.05. The van der Waals surface area contributed by atoms with Crippen molar-refractivity contribution < 1.29 is 19.7 Å². The van der Waals surface area contributed by atoms with Gasteiger partial charge in [0, 0.05) is 11.0 Å². The molecule has 1 aromatic rings. The smallest absolute Gasteiger partial charge is 0.339 e. The molecule has 1 heterocycles. The minimum Gasteiger partial charge on any atom is -0.507 e. The predicted octanol–water partition coefficient (Wildman–Crippen LogP) is 5.30. The van der Waals surface area contributed by atoms with Crippen LogP contribution in [-0.4, -0.2) is 21.8 Å². The van der Waals surface area contributed by atoms with Crippen LogP contribution in [0.5, 0.6) is 11.5 Å². The molecule has 144 valence electrons. The number of carbonyl (C=O) groups is 1. The summed E-state index contributed by atoms with van der Waals surface area (Å²) in [6, 6.07) is 1.90. The van der Waals surface area contributed by atoms with E-state index in [4.69, 9.17) is 4.74 Å². The number of hydrogen-bond donors (Lipinski definition) is 2. The molecule has 1 saturated carbocycles. The first kappa shape index (κ1) is 19.1. The van der Waals surface area contributed by atoms with Gasteiger partial charge in [0.1, 0.15) is 22.7 Å². The summed E-state index contributed by atoms with van der Waals surface area (Å²) in [6.45, 7) is 10.7. The Balaban J connectivity index is 2.19. The Bertz CT molecular complexity index is 721. The monoisotopic (exact) mass is 360 g/mol. The van der Waals surface area contributed by atoms with Crippen molar-refractivity contribution in [3.63, 3.8) is 0 Å². The third-order valence-corrected chi connectivity index (χ3v) is 7.04. The van der Waals surface area contributed by atoms with Gasteiger partial charge in [0.2, 0.25) is 0 Å². The molecule has 1 aliphatic heterocycles. The maximum absolute atomic E-state index is 11.9. The van der Waals surface area contributed by atoms with Crippen molar-refractivity contribution in [1.29, 1.82) is 0 Å². The molecular formula is C22H32O4. The van der Waals surface area contributed by atoms with Gasteiger partial charge in [-0.25, -0.2) is 4.79 Å². The Labute approximate surface area is 156 Å². The maximum atomic E-state index is 11.9. The number of rotatable bonds is 5. The zero-order chi connectivity index (χ0) is 19.3. The van der Waals surface area contributed by atoms with Gasteiger partial charge >= 0.3 is 5.97 Å². The third kappa shape index (κ3) is 2.78. The van der Waals surface area contributed by atoms with Gasteiger partial charge in [0.25, 0.3) is 0 Å². The Kier molecular flexibility index (Phi) is 4.74. The summed E-state index contributed by atoms with van der Waals surface area (Å²) < 4.78 is 6.49. The van der Waals surface area contributed by atoms with E-state index in [0.717, 1.165) is 32.1 Å². The summed E-state index contributed by atoms with van der Waals surface area (Å²) in [6.07, 6.45) is 5.70. The number of ether oxygens (including phenoxy) is 1. The molecule has 0 radical (unpaired) electrons. The first-order valence-corrected chi connectivity index (χ1v) is 9.95. The molecule has 4 heteroatoms. The lowest BCUT2D eigenvalue weighted by molar-refractivity contribution is 0.0477. The Morgan fingerprint density at radius 3 is 2.62 bits per heavy atom. The van der Waals surface area contributed by atoms with Crippen molar-refractivity contribution in [3.8, 4) is 11.5 Å². The number of hydrogen-bond acceptors (Lipinski definition) is 3. The van der Waals surface area contributed by atoms with Gasteiger partial charge in [-0.15, -0.1) is 0 Å². The van der Waals surface area contributed by atoms with E-state index in [-0.39, 0.29) is 22.3 Å². The molecule has 0 spiro atoms. The number of aromatic hydroxyl groups is 1. The van der Waals surface area contributed by atoms with Crippen LogP contribution in [-0.2, 0) is 11.8 Å². The molecule has 2 N–H and O–H groups in total. The summed E-state index contributed by atoms with van der Waals surface area (Å²) >= 11 is 0. The van der Waals surface area contributed by atoms with Gasteiger partial charge in [-0.2, -0.15) is 0 Å². The molecule has 3 atom stereocenters. The molecule has 1 aromatic carbocycles. The number of carboxylic acid groups (broad SMARTS) is 1. The molecule has 0 aromatic heterocycles. The van der Waals surface area contributed by atoms with Crippen LogP contribution in [0.15, 0.2) is 6.07 Å². The summed E-state index contributed by atoms with van der Waals surface area (Å²) in [4.78, 5) is 11.9. The van der Waals surface area contributed by atoms with E-state index in [1.807, 2.05) is 6.07 Å². The number of aryl methyl sites for hydroxylation is 1. The Morgan fingerprint density at radius 2 is 2.00 bits per heavy atom. The van der Waals surface area contributed by atoms with E-state index < -0.39 is 5.97 Å². The van der Waals surface area contributed by atoms with Gasteiger partial charge in [-0.05, 0) is 56.1 Å². The normalized spacial score (nSPS) is 29.0. The number of benzene rings is 1. The quantitative estimate of drug-likeness (QED) is 0.699. The highest BCUT2D eigenvalue weighted by atomic mass is 16.5. The first-order chi connectivity index (χ1) is 12.1. The van der Waals surface area contributed by atoms with Crippen LogP contribution in [0.4, 0.5) is 0 Å². The van der Waals surface area contributed by atoms with Crippen molar-refractivity contribution in [2.24, 2.45) is 11.8 Å². The lowest BCUT2D eigenvalue weighted by Crippen LogP contribution is -2.37.